The minimum atomic E-state index is -3.51. The molecule has 3 aromatic heterocycles. The zero-order valence-corrected chi connectivity index (χ0v) is 23.3. The maximum Gasteiger partial charge on any atom is 0.374 e. The molecule has 1 atom stereocenters. The van der Waals surface area contributed by atoms with Crippen molar-refractivity contribution in [2.45, 2.75) is 52.4 Å². The number of furan rings is 1. The molecule has 0 fully saturated rings. The van der Waals surface area contributed by atoms with Crippen molar-refractivity contribution in [1.82, 2.24) is 19.7 Å². The SMILES string of the molecule is CCOCc1nc2c([nH]1)c(N)nc1cc(OC(CC(C)(C)NS(C)(=O)=O)c3ccc(C(=O)OCC)o3)ccc12. The van der Waals surface area contributed by atoms with Crippen LogP contribution in [0.5, 0.6) is 5.75 Å². The number of hydrogen-bond acceptors (Lipinski definition) is 10. The van der Waals surface area contributed by atoms with Crippen molar-refractivity contribution in [3.8, 4) is 5.75 Å². The van der Waals surface area contributed by atoms with E-state index in [0.29, 0.717) is 47.1 Å². The van der Waals surface area contributed by atoms with Gasteiger partial charge in [-0.2, -0.15) is 0 Å². The third-order valence-electron chi connectivity index (χ3n) is 5.77. The number of anilines is 1. The second-order valence-electron chi connectivity index (χ2n) is 9.71. The molecular formula is C26H33N5O7S. The number of rotatable bonds is 12. The van der Waals surface area contributed by atoms with Crippen molar-refractivity contribution in [3.05, 3.63) is 47.7 Å². The summed E-state index contributed by atoms with van der Waals surface area (Å²) in [6.07, 6.45) is 0.507. The van der Waals surface area contributed by atoms with Crippen molar-refractivity contribution in [2.75, 3.05) is 25.2 Å². The maximum absolute atomic E-state index is 12.2. The van der Waals surface area contributed by atoms with E-state index in [9.17, 15) is 13.2 Å². The minimum absolute atomic E-state index is 0.0195. The number of nitrogens with one attached hydrogen (secondary N) is 2. The van der Waals surface area contributed by atoms with Crippen LogP contribution < -0.4 is 15.2 Å². The van der Waals surface area contributed by atoms with Crippen LogP contribution in [0.1, 0.15) is 62.4 Å². The lowest BCUT2D eigenvalue weighted by molar-refractivity contribution is 0.0480. The average Bonchev–Trinajstić information content (AvgIpc) is 3.49. The number of H-pyrrole nitrogens is 1. The van der Waals surface area contributed by atoms with Gasteiger partial charge in [-0.15, -0.1) is 0 Å². The fourth-order valence-electron chi connectivity index (χ4n) is 4.34. The Hall–Kier alpha value is -3.68. The smallest absolute Gasteiger partial charge is 0.374 e. The Kier molecular flexibility index (Phi) is 8.14. The van der Waals surface area contributed by atoms with E-state index in [-0.39, 0.29) is 24.6 Å². The molecule has 4 aromatic rings. The Balaban J connectivity index is 1.69. The summed E-state index contributed by atoms with van der Waals surface area (Å²) in [7, 11) is -3.51. The Bertz CT molecular complexity index is 1590. The monoisotopic (exact) mass is 559 g/mol. The average molecular weight is 560 g/mol. The number of fused-ring (bicyclic) bond motifs is 3. The van der Waals surface area contributed by atoms with E-state index in [1.54, 1.807) is 39.0 Å². The van der Waals surface area contributed by atoms with Gasteiger partial charge in [0.15, 0.2) is 6.10 Å². The number of hydrogen-bond donors (Lipinski definition) is 3. The Morgan fingerprint density at radius 1 is 1.18 bits per heavy atom. The fourth-order valence-corrected chi connectivity index (χ4v) is 5.43. The first kappa shape index (κ1) is 28.3. The first-order valence-corrected chi connectivity index (χ1v) is 14.4. The van der Waals surface area contributed by atoms with Crippen molar-refractivity contribution in [3.63, 3.8) is 0 Å². The predicted molar refractivity (Wildman–Crippen MR) is 146 cm³/mol. The van der Waals surface area contributed by atoms with Gasteiger partial charge in [0.25, 0.3) is 0 Å². The number of benzene rings is 1. The number of imidazole rings is 1. The molecule has 3 heterocycles. The molecule has 0 amide bonds. The lowest BCUT2D eigenvalue weighted by atomic mass is 9.96. The van der Waals surface area contributed by atoms with E-state index in [0.717, 1.165) is 11.6 Å². The molecule has 12 nitrogen and oxygen atoms in total. The summed E-state index contributed by atoms with van der Waals surface area (Å²) in [5.41, 5.74) is 7.16. The molecule has 0 aliphatic rings. The molecule has 13 heteroatoms. The van der Waals surface area contributed by atoms with E-state index < -0.39 is 27.6 Å². The van der Waals surface area contributed by atoms with Gasteiger partial charge >= 0.3 is 5.97 Å². The maximum atomic E-state index is 12.2. The number of pyridine rings is 1. The number of carbonyl (C=O) groups is 1. The summed E-state index contributed by atoms with van der Waals surface area (Å²) in [5, 5.41) is 0.767. The summed E-state index contributed by atoms with van der Waals surface area (Å²) < 4.78 is 49.1. The van der Waals surface area contributed by atoms with Gasteiger partial charge in [0, 0.05) is 30.0 Å². The summed E-state index contributed by atoms with van der Waals surface area (Å²) in [6.45, 7) is 8.15. The van der Waals surface area contributed by atoms with Crippen LogP contribution in [0.15, 0.2) is 34.7 Å². The molecule has 1 aromatic carbocycles. The van der Waals surface area contributed by atoms with E-state index in [4.69, 9.17) is 24.4 Å². The standard InChI is InChI=1S/C26H33N5O7S/c1-6-35-14-21-29-22-16-9-8-15(12-17(16)28-24(27)23(22)30-21)37-20(13-26(3,4)31-39(5,33)34)18-10-11-19(38-18)25(32)36-7-2/h8-12,20,31H,6-7,13-14H2,1-5H3,(H2,27,28)(H,29,30). The first-order chi connectivity index (χ1) is 18.4. The number of aromatic amines is 1. The summed E-state index contributed by atoms with van der Waals surface area (Å²) in [6, 6.07) is 8.42. The van der Waals surface area contributed by atoms with Gasteiger partial charge in [0.1, 0.15) is 40.8 Å². The summed E-state index contributed by atoms with van der Waals surface area (Å²) in [5.74, 6) is 1.11. The predicted octanol–water partition coefficient (Wildman–Crippen LogP) is 3.84. The number of nitrogens with zero attached hydrogens (tertiary/aromatic N) is 2. The number of ether oxygens (including phenoxy) is 3. The highest BCUT2D eigenvalue weighted by Crippen LogP contribution is 2.34. The van der Waals surface area contributed by atoms with Crippen LogP contribution in [0.4, 0.5) is 5.82 Å². The van der Waals surface area contributed by atoms with E-state index in [2.05, 4.69) is 19.7 Å². The van der Waals surface area contributed by atoms with Crippen LogP contribution in [0.2, 0.25) is 0 Å². The molecular weight excluding hydrogens is 526 g/mol. The largest absolute Gasteiger partial charge is 0.482 e. The molecule has 210 valence electrons. The van der Waals surface area contributed by atoms with Crippen molar-refractivity contribution < 1.29 is 31.8 Å². The molecule has 39 heavy (non-hydrogen) atoms. The van der Waals surface area contributed by atoms with Crippen LogP contribution in [0, 0.1) is 0 Å². The Morgan fingerprint density at radius 2 is 1.95 bits per heavy atom. The number of nitrogen functional groups attached to an aromatic ring is 1. The van der Waals surface area contributed by atoms with Gasteiger partial charge in [0.2, 0.25) is 15.8 Å². The summed E-state index contributed by atoms with van der Waals surface area (Å²) in [4.78, 5) is 24.5. The van der Waals surface area contributed by atoms with E-state index in [1.165, 1.54) is 6.07 Å². The molecule has 0 spiro atoms. The highest BCUT2D eigenvalue weighted by atomic mass is 32.2. The fraction of sp³-hybridized carbons (Fsp3) is 0.423. The third kappa shape index (κ3) is 6.85. The van der Waals surface area contributed by atoms with Gasteiger partial charge in [-0.1, -0.05) is 0 Å². The van der Waals surface area contributed by atoms with Gasteiger partial charge < -0.3 is 29.3 Å². The molecule has 0 bridgehead atoms. The second-order valence-corrected chi connectivity index (χ2v) is 11.5. The number of aromatic nitrogens is 3. The molecule has 4 rings (SSSR count). The quantitative estimate of drug-likeness (QED) is 0.217. The van der Waals surface area contributed by atoms with Crippen LogP contribution in [0.3, 0.4) is 0 Å². The van der Waals surface area contributed by atoms with Gasteiger partial charge in [-0.25, -0.2) is 27.9 Å². The molecule has 0 aliphatic heterocycles. The molecule has 4 N–H and O–H groups in total. The van der Waals surface area contributed by atoms with Gasteiger partial charge in [-0.3, -0.25) is 0 Å². The molecule has 1 unspecified atom stereocenters. The van der Waals surface area contributed by atoms with Crippen LogP contribution in [-0.2, 0) is 26.1 Å². The zero-order valence-electron chi connectivity index (χ0n) is 22.5. The number of nitrogens with two attached hydrogens (primary N) is 1. The second kappa shape index (κ2) is 11.2. The third-order valence-corrected chi connectivity index (χ3v) is 6.70. The van der Waals surface area contributed by atoms with Crippen molar-refractivity contribution >= 4 is 43.7 Å². The van der Waals surface area contributed by atoms with Crippen molar-refractivity contribution in [2.24, 2.45) is 0 Å². The molecule has 0 radical (unpaired) electrons. The lowest BCUT2D eigenvalue weighted by Crippen LogP contribution is -2.44. The highest BCUT2D eigenvalue weighted by Gasteiger charge is 2.31. The minimum Gasteiger partial charge on any atom is -0.482 e. The Morgan fingerprint density at radius 3 is 2.64 bits per heavy atom. The summed E-state index contributed by atoms with van der Waals surface area (Å²) >= 11 is 0. The first-order valence-electron chi connectivity index (χ1n) is 12.5. The number of carbonyl (C=O) groups excluding carboxylic acids is 1. The lowest BCUT2D eigenvalue weighted by Gasteiger charge is -2.29. The molecule has 0 saturated heterocycles. The van der Waals surface area contributed by atoms with Crippen LogP contribution in [-0.4, -0.2) is 54.3 Å². The van der Waals surface area contributed by atoms with Gasteiger partial charge in [0.05, 0.1) is 18.4 Å². The molecule has 0 aliphatic carbocycles. The van der Waals surface area contributed by atoms with Gasteiger partial charge in [-0.05, 0) is 52.0 Å². The van der Waals surface area contributed by atoms with Crippen molar-refractivity contribution in [1.29, 1.82) is 0 Å². The number of esters is 1. The highest BCUT2D eigenvalue weighted by molar-refractivity contribution is 7.88. The normalized spacial score (nSPS) is 13.2. The topological polar surface area (TPSA) is 172 Å². The van der Waals surface area contributed by atoms with Crippen LogP contribution in [0.25, 0.3) is 21.9 Å². The zero-order chi connectivity index (χ0) is 28.4. The molecule has 0 saturated carbocycles. The van der Waals surface area contributed by atoms with Crippen LogP contribution >= 0.6 is 0 Å². The Labute approximate surface area is 226 Å². The van der Waals surface area contributed by atoms with E-state index >= 15 is 0 Å². The van der Waals surface area contributed by atoms with E-state index in [1.807, 2.05) is 13.0 Å². The number of sulfonamides is 1.